The molecular weight excluding hydrogens is 352 g/mol. The van der Waals surface area contributed by atoms with E-state index in [1.165, 1.54) is 64.2 Å². The van der Waals surface area contributed by atoms with E-state index in [4.69, 9.17) is 9.47 Å². The van der Waals surface area contributed by atoms with Crippen LogP contribution in [0.1, 0.15) is 130 Å². The molecule has 0 aromatic heterocycles. The van der Waals surface area contributed by atoms with E-state index >= 15 is 0 Å². The molecule has 4 heteroatoms. The Morgan fingerprint density at radius 1 is 0.607 bits per heavy atom. The summed E-state index contributed by atoms with van der Waals surface area (Å²) < 4.78 is 10.8. The van der Waals surface area contributed by atoms with E-state index < -0.39 is 0 Å². The normalized spacial score (nSPS) is 12.0. The molecule has 28 heavy (non-hydrogen) atoms. The summed E-state index contributed by atoms with van der Waals surface area (Å²) >= 11 is 0. The van der Waals surface area contributed by atoms with Crippen LogP contribution in [0.25, 0.3) is 0 Å². The van der Waals surface area contributed by atoms with Gasteiger partial charge in [0.15, 0.2) is 0 Å². The third-order valence-corrected chi connectivity index (χ3v) is 5.15. The van der Waals surface area contributed by atoms with Crippen molar-refractivity contribution < 1.29 is 19.1 Å². The van der Waals surface area contributed by atoms with Gasteiger partial charge in [-0.15, -0.1) is 0 Å². The molecule has 0 aromatic rings. The number of ether oxygens (including phenoxy) is 2. The van der Waals surface area contributed by atoms with E-state index in [9.17, 15) is 9.59 Å². The van der Waals surface area contributed by atoms with Crippen LogP contribution in [0.4, 0.5) is 0 Å². The van der Waals surface area contributed by atoms with Gasteiger partial charge < -0.3 is 9.47 Å². The number of unbranched alkanes of at least 4 members (excludes halogenated alkanes) is 12. The van der Waals surface area contributed by atoms with E-state index in [-0.39, 0.29) is 24.6 Å². The van der Waals surface area contributed by atoms with E-state index in [1.807, 2.05) is 6.92 Å². The molecule has 1 atom stereocenters. The Balaban J connectivity index is 3.67. The van der Waals surface area contributed by atoms with Crippen molar-refractivity contribution in [1.29, 1.82) is 0 Å². The molecule has 0 aromatic carbocycles. The molecule has 0 N–H and O–H groups in total. The maximum Gasteiger partial charge on any atom is 0.306 e. The fourth-order valence-corrected chi connectivity index (χ4v) is 3.19. The molecule has 0 aliphatic heterocycles. The van der Waals surface area contributed by atoms with Crippen LogP contribution in [0.5, 0.6) is 0 Å². The van der Waals surface area contributed by atoms with E-state index in [0.717, 1.165) is 25.7 Å². The molecule has 0 amide bonds. The Labute approximate surface area is 174 Å². The molecule has 0 saturated carbocycles. The van der Waals surface area contributed by atoms with Gasteiger partial charge in [-0.25, -0.2) is 0 Å². The Bertz CT molecular complexity index is 368. The fraction of sp³-hybridized carbons (Fsp3) is 0.917. The molecular formula is C24H46O4. The lowest BCUT2D eigenvalue weighted by atomic mass is 10.1. The smallest absolute Gasteiger partial charge is 0.306 e. The molecule has 1 unspecified atom stereocenters. The van der Waals surface area contributed by atoms with Crippen LogP contribution in [0.15, 0.2) is 0 Å². The third-order valence-electron chi connectivity index (χ3n) is 5.15. The zero-order valence-corrected chi connectivity index (χ0v) is 18.9. The van der Waals surface area contributed by atoms with Gasteiger partial charge >= 0.3 is 11.9 Å². The largest absolute Gasteiger partial charge is 0.462 e. The second-order valence-corrected chi connectivity index (χ2v) is 7.95. The predicted molar refractivity (Wildman–Crippen MR) is 116 cm³/mol. The molecule has 0 bridgehead atoms. The first-order valence-electron chi connectivity index (χ1n) is 12.0. The average molecular weight is 399 g/mol. The molecule has 4 nitrogen and oxygen atoms in total. The fourth-order valence-electron chi connectivity index (χ4n) is 3.19. The Kier molecular flexibility index (Phi) is 19.9. The van der Waals surface area contributed by atoms with Gasteiger partial charge in [-0.1, -0.05) is 97.8 Å². The number of hydrogen-bond donors (Lipinski definition) is 0. The molecule has 0 aliphatic carbocycles. The summed E-state index contributed by atoms with van der Waals surface area (Å²) in [6.45, 7) is 6.57. The highest BCUT2D eigenvalue weighted by atomic mass is 16.6. The van der Waals surface area contributed by atoms with Crippen molar-refractivity contribution in [2.45, 2.75) is 136 Å². The topological polar surface area (TPSA) is 52.6 Å². The molecule has 0 heterocycles. The number of hydrogen-bond acceptors (Lipinski definition) is 4. The van der Waals surface area contributed by atoms with E-state index in [1.54, 1.807) is 0 Å². The van der Waals surface area contributed by atoms with Gasteiger partial charge in [-0.2, -0.15) is 0 Å². The summed E-state index contributed by atoms with van der Waals surface area (Å²) in [5.74, 6) is -0.335. The Morgan fingerprint density at radius 3 is 1.50 bits per heavy atom. The maximum absolute atomic E-state index is 11.9. The summed E-state index contributed by atoms with van der Waals surface area (Å²) in [4.78, 5) is 23.8. The van der Waals surface area contributed by atoms with Crippen LogP contribution in [-0.4, -0.2) is 24.6 Å². The standard InChI is InChI=1S/C24H46O4/c1-4-7-9-11-13-15-17-19-23(25)27-21-22(6-3)28-24(26)20-18-16-14-12-10-8-5-2/h22H,4-21H2,1-3H3. The first-order chi connectivity index (χ1) is 13.6. The molecule has 0 spiro atoms. The molecule has 0 radical (unpaired) electrons. The minimum atomic E-state index is -0.310. The lowest BCUT2D eigenvalue weighted by Gasteiger charge is -2.16. The molecule has 0 rings (SSSR count). The number of carbonyl (C=O) groups excluding carboxylic acids is 2. The van der Waals surface area contributed by atoms with E-state index in [0.29, 0.717) is 19.3 Å². The Hall–Kier alpha value is -1.06. The van der Waals surface area contributed by atoms with Crippen molar-refractivity contribution in [3.05, 3.63) is 0 Å². The highest BCUT2D eigenvalue weighted by Crippen LogP contribution is 2.11. The summed E-state index contributed by atoms with van der Waals surface area (Å²) in [6.07, 6.45) is 17.9. The van der Waals surface area contributed by atoms with Crippen molar-refractivity contribution >= 4 is 11.9 Å². The second-order valence-electron chi connectivity index (χ2n) is 7.95. The van der Waals surface area contributed by atoms with Crippen molar-refractivity contribution in [1.82, 2.24) is 0 Å². The summed E-state index contributed by atoms with van der Waals surface area (Å²) in [6, 6.07) is 0. The van der Waals surface area contributed by atoms with Crippen LogP contribution >= 0.6 is 0 Å². The number of rotatable bonds is 20. The second kappa shape index (κ2) is 20.7. The Morgan fingerprint density at radius 2 is 1.04 bits per heavy atom. The van der Waals surface area contributed by atoms with Crippen LogP contribution < -0.4 is 0 Å². The minimum Gasteiger partial charge on any atom is -0.462 e. The SMILES string of the molecule is CCCCCCCCCC(=O)OCC(CC)OC(=O)CCCCCCCCC. The lowest BCUT2D eigenvalue weighted by molar-refractivity contribution is -0.159. The van der Waals surface area contributed by atoms with Gasteiger partial charge in [-0.3, -0.25) is 9.59 Å². The monoisotopic (exact) mass is 398 g/mol. The summed E-state index contributed by atoms with van der Waals surface area (Å²) in [7, 11) is 0. The zero-order chi connectivity index (χ0) is 20.9. The van der Waals surface area contributed by atoms with Gasteiger partial charge in [0.05, 0.1) is 0 Å². The summed E-state index contributed by atoms with van der Waals surface area (Å²) in [5, 5.41) is 0. The van der Waals surface area contributed by atoms with E-state index in [2.05, 4.69) is 13.8 Å². The van der Waals surface area contributed by atoms with Crippen LogP contribution in [0.3, 0.4) is 0 Å². The van der Waals surface area contributed by atoms with Gasteiger partial charge in [0.25, 0.3) is 0 Å². The molecule has 0 aliphatic rings. The van der Waals surface area contributed by atoms with Gasteiger partial charge in [0, 0.05) is 12.8 Å². The quantitative estimate of drug-likeness (QED) is 0.162. The first kappa shape index (κ1) is 26.9. The molecule has 166 valence electrons. The van der Waals surface area contributed by atoms with Crippen LogP contribution in [0, 0.1) is 0 Å². The first-order valence-corrected chi connectivity index (χ1v) is 12.0. The number of carbonyl (C=O) groups is 2. The van der Waals surface area contributed by atoms with Crippen molar-refractivity contribution in [2.24, 2.45) is 0 Å². The zero-order valence-electron chi connectivity index (χ0n) is 18.9. The highest BCUT2D eigenvalue weighted by molar-refractivity contribution is 5.70. The third kappa shape index (κ3) is 18.3. The van der Waals surface area contributed by atoms with Gasteiger partial charge in [0.1, 0.15) is 12.7 Å². The van der Waals surface area contributed by atoms with Crippen molar-refractivity contribution in [3.8, 4) is 0 Å². The summed E-state index contributed by atoms with van der Waals surface area (Å²) in [5.41, 5.74) is 0. The van der Waals surface area contributed by atoms with Crippen LogP contribution in [0.2, 0.25) is 0 Å². The number of esters is 2. The van der Waals surface area contributed by atoms with Crippen molar-refractivity contribution in [2.75, 3.05) is 6.61 Å². The minimum absolute atomic E-state index is 0.163. The van der Waals surface area contributed by atoms with Crippen molar-refractivity contribution in [3.63, 3.8) is 0 Å². The molecule has 0 fully saturated rings. The molecule has 0 saturated heterocycles. The highest BCUT2D eigenvalue weighted by Gasteiger charge is 2.15. The maximum atomic E-state index is 11.9. The average Bonchev–Trinajstić information content (AvgIpc) is 2.69. The van der Waals surface area contributed by atoms with Crippen LogP contribution in [-0.2, 0) is 19.1 Å². The predicted octanol–water partition coefficient (Wildman–Crippen LogP) is 7.13. The van der Waals surface area contributed by atoms with Gasteiger partial charge in [-0.05, 0) is 19.3 Å². The lowest BCUT2D eigenvalue weighted by Crippen LogP contribution is -2.24. The van der Waals surface area contributed by atoms with Gasteiger partial charge in [0.2, 0.25) is 0 Å².